The molecule has 12 nitrogen and oxygen atoms in total. The Morgan fingerprint density at radius 2 is 1.84 bits per heavy atom. The van der Waals surface area contributed by atoms with Crippen LogP contribution in [0.25, 0.3) is 15.2 Å². The summed E-state index contributed by atoms with van der Waals surface area (Å²) in [4.78, 5) is 43.9. The summed E-state index contributed by atoms with van der Waals surface area (Å²) in [6.45, 7) is 9.86. The van der Waals surface area contributed by atoms with Crippen molar-refractivity contribution in [1.82, 2.24) is 29.4 Å². The maximum Gasteiger partial charge on any atom is 0.333 e. The number of aryl methyl sites for hydroxylation is 1. The summed E-state index contributed by atoms with van der Waals surface area (Å²) in [5.74, 6) is 0.187. The van der Waals surface area contributed by atoms with Crippen molar-refractivity contribution in [3.63, 3.8) is 0 Å². The molecule has 13 heteroatoms. The molecule has 1 fully saturated rings. The molecule has 1 unspecified atom stereocenters. The molecule has 4 heterocycles. The second kappa shape index (κ2) is 12.4. The average Bonchev–Trinajstić information content (AvgIpc) is 3.63. The fourth-order valence-corrected chi connectivity index (χ4v) is 6.62. The van der Waals surface area contributed by atoms with Crippen LogP contribution in [0.15, 0.2) is 46.2 Å². The van der Waals surface area contributed by atoms with Gasteiger partial charge in [0.15, 0.2) is 0 Å². The molecule has 5 rings (SSSR count). The summed E-state index contributed by atoms with van der Waals surface area (Å²) >= 11 is 1.25. The van der Waals surface area contributed by atoms with Crippen LogP contribution in [0, 0.1) is 6.92 Å². The Kier molecular flexibility index (Phi) is 8.86. The van der Waals surface area contributed by atoms with Gasteiger partial charge in [0.1, 0.15) is 27.2 Å². The lowest BCUT2D eigenvalue weighted by atomic mass is 10.0. The molecule has 230 valence electrons. The molecule has 4 aromatic rings. The van der Waals surface area contributed by atoms with Crippen LogP contribution in [0.2, 0.25) is 0 Å². The zero-order valence-corrected chi connectivity index (χ0v) is 26.1. The fraction of sp³-hybridized carbons (Fsp3) is 0.500. The van der Waals surface area contributed by atoms with E-state index in [2.05, 4.69) is 15.5 Å². The molecular formula is C30H38N6O6S. The predicted molar refractivity (Wildman–Crippen MR) is 163 cm³/mol. The van der Waals surface area contributed by atoms with Gasteiger partial charge in [-0.1, -0.05) is 29.5 Å². The zero-order valence-electron chi connectivity index (χ0n) is 25.3. The van der Waals surface area contributed by atoms with Crippen LogP contribution in [0.5, 0.6) is 5.75 Å². The molecule has 1 atom stereocenters. The van der Waals surface area contributed by atoms with Gasteiger partial charge in [-0.2, -0.15) is 10.2 Å². The number of thiophene rings is 1. The summed E-state index contributed by atoms with van der Waals surface area (Å²) < 4.78 is 20.5. The van der Waals surface area contributed by atoms with Crippen LogP contribution in [0.3, 0.4) is 0 Å². The van der Waals surface area contributed by atoms with E-state index in [0.717, 1.165) is 10.1 Å². The minimum Gasteiger partial charge on any atom is -0.496 e. The molecule has 1 aliphatic rings. The molecule has 0 saturated carbocycles. The molecule has 1 amide bonds. The van der Waals surface area contributed by atoms with Crippen LogP contribution in [-0.4, -0.2) is 62.5 Å². The molecule has 0 spiro atoms. The van der Waals surface area contributed by atoms with Crippen molar-refractivity contribution in [2.75, 3.05) is 20.3 Å². The number of carbonyl (C=O) groups excluding carboxylic acids is 1. The highest BCUT2D eigenvalue weighted by Crippen LogP contribution is 2.35. The van der Waals surface area contributed by atoms with Gasteiger partial charge in [-0.3, -0.25) is 14.2 Å². The molecule has 0 radical (unpaired) electrons. The van der Waals surface area contributed by atoms with E-state index in [1.54, 1.807) is 44.8 Å². The number of hydrogen-bond acceptors (Lipinski definition) is 9. The number of nitrogens with one attached hydrogen (secondary N) is 1. The van der Waals surface area contributed by atoms with Crippen LogP contribution in [-0.2, 0) is 26.4 Å². The van der Waals surface area contributed by atoms with Crippen LogP contribution in [0.4, 0.5) is 0 Å². The van der Waals surface area contributed by atoms with E-state index < -0.39 is 28.8 Å². The third kappa shape index (κ3) is 5.89. The summed E-state index contributed by atoms with van der Waals surface area (Å²) in [7, 11) is 1.59. The molecule has 1 aliphatic heterocycles. The number of carbonyl (C=O) groups is 1. The number of amides is 1. The van der Waals surface area contributed by atoms with Gasteiger partial charge in [0.05, 0.1) is 37.5 Å². The molecule has 43 heavy (non-hydrogen) atoms. The lowest BCUT2D eigenvalue weighted by molar-refractivity contribution is -0.129. The number of fused-ring (bicyclic) bond motifs is 1. The summed E-state index contributed by atoms with van der Waals surface area (Å²) in [5.41, 5.74) is -1.27. The van der Waals surface area contributed by atoms with Crippen LogP contribution >= 0.6 is 11.3 Å². The lowest BCUT2D eigenvalue weighted by Gasteiger charge is -2.30. The van der Waals surface area contributed by atoms with Gasteiger partial charge >= 0.3 is 5.69 Å². The van der Waals surface area contributed by atoms with Crippen molar-refractivity contribution in [1.29, 1.82) is 0 Å². The number of aromatic nitrogens is 5. The third-order valence-corrected chi connectivity index (χ3v) is 8.96. The Hall–Kier alpha value is -3.81. The minimum atomic E-state index is -1.49. The second-order valence-electron chi connectivity index (χ2n) is 11.4. The Morgan fingerprint density at radius 1 is 1.16 bits per heavy atom. The van der Waals surface area contributed by atoms with E-state index in [9.17, 15) is 14.4 Å². The molecule has 3 aromatic heterocycles. The van der Waals surface area contributed by atoms with Crippen molar-refractivity contribution < 1.29 is 19.0 Å². The van der Waals surface area contributed by atoms with Crippen molar-refractivity contribution in [3.8, 4) is 10.8 Å². The monoisotopic (exact) mass is 610 g/mol. The van der Waals surface area contributed by atoms with E-state index in [1.165, 1.54) is 16.1 Å². The molecule has 0 aliphatic carbocycles. The standard InChI is InChI=1S/C30H38N6O6S/c1-18(2)33-28(38)30(4,5)35-25(37)24-19(3)26(36-31-13-14-32-36)43-27(24)34(29(35)39)17-23(42-20-11-15-41-16-12-20)21-9-7-8-10-22(21)40-6/h7-10,13-14,18,20,23H,11-12,15-17H2,1-6H3,(H,33,38). The second-order valence-corrected chi connectivity index (χ2v) is 12.4. The molecular weight excluding hydrogens is 572 g/mol. The number of ether oxygens (including phenoxy) is 3. The average molecular weight is 611 g/mol. The summed E-state index contributed by atoms with van der Waals surface area (Å²) in [6.07, 6.45) is 3.83. The first-order valence-corrected chi connectivity index (χ1v) is 15.2. The first-order chi connectivity index (χ1) is 20.5. The highest BCUT2D eigenvalue weighted by atomic mass is 32.1. The maximum atomic E-state index is 14.5. The summed E-state index contributed by atoms with van der Waals surface area (Å²) in [6, 6.07) is 7.36. The lowest BCUT2D eigenvalue weighted by Crippen LogP contribution is -2.56. The first-order valence-electron chi connectivity index (χ1n) is 14.4. The highest BCUT2D eigenvalue weighted by molar-refractivity contribution is 7.21. The third-order valence-electron chi connectivity index (χ3n) is 7.68. The SMILES string of the molecule is COc1ccccc1C(Cn1c(=O)n(C(C)(C)C(=O)NC(C)C)c(=O)c2c(C)c(-n3nccn3)sc21)OC1CCOCC1. The topological polar surface area (TPSA) is 132 Å². The number of para-hydroxylation sites is 1. The van der Waals surface area contributed by atoms with Gasteiger partial charge in [0, 0.05) is 30.4 Å². The molecule has 1 saturated heterocycles. The quantitative estimate of drug-likeness (QED) is 0.289. The number of nitrogens with zero attached hydrogens (tertiary/aromatic N) is 5. The number of methoxy groups -OCH3 is 1. The van der Waals surface area contributed by atoms with Crippen LogP contribution in [0.1, 0.15) is 57.8 Å². The molecule has 0 bridgehead atoms. The number of hydrogen-bond donors (Lipinski definition) is 1. The van der Waals surface area contributed by atoms with E-state index in [0.29, 0.717) is 52.6 Å². The van der Waals surface area contributed by atoms with Gasteiger partial charge in [0.25, 0.3) is 5.56 Å². The fourth-order valence-electron chi connectivity index (χ4n) is 5.40. The van der Waals surface area contributed by atoms with E-state index in [1.807, 2.05) is 38.1 Å². The largest absolute Gasteiger partial charge is 0.496 e. The first kappa shape index (κ1) is 30.6. The Morgan fingerprint density at radius 3 is 2.49 bits per heavy atom. The summed E-state index contributed by atoms with van der Waals surface area (Å²) in [5, 5.41) is 12.3. The maximum absolute atomic E-state index is 14.5. The Bertz CT molecular complexity index is 1720. The van der Waals surface area contributed by atoms with Gasteiger partial charge in [-0.25, -0.2) is 9.36 Å². The minimum absolute atomic E-state index is 0.0706. The Balaban J connectivity index is 1.75. The number of benzene rings is 1. The number of rotatable bonds is 10. The Labute approximate surface area is 253 Å². The van der Waals surface area contributed by atoms with Crippen molar-refractivity contribution >= 4 is 27.5 Å². The smallest absolute Gasteiger partial charge is 0.333 e. The highest BCUT2D eigenvalue weighted by Gasteiger charge is 2.36. The van der Waals surface area contributed by atoms with Crippen molar-refractivity contribution in [2.45, 2.75) is 77.8 Å². The molecule has 1 N–H and O–H groups in total. The van der Waals surface area contributed by atoms with Gasteiger partial charge < -0.3 is 19.5 Å². The zero-order chi connectivity index (χ0) is 30.9. The van der Waals surface area contributed by atoms with Crippen molar-refractivity contribution in [2.24, 2.45) is 0 Å². The van der Waals surface area contributed by atoms with E-state index >= 15 is 0 Å². The van der Waals surface area contributed by atoms with Crippen molar-refractivity contribution in [3.05, 3.63) is 68.6 Å². The molecule has 1 aromatic carbocycles. The van der Waals surface area contributed by atoms with Gasteiger partial charge in [0.2, 0.25) is 5.91 Å². The normalized spacial score (nSPS) is 15.2. The van der Waals surface area contributed by atoms with Gasteiger partial charge in [-0.15, -0.1) is 4.80 Å². The predicted octanol–water partition coefficient (Wildman–Crippen LogP) is 3.32. The van der Waals surface area contributed by atoms with Crippen LogP contribution < -0.4 is 21.3 Å². The van der Waals surface area contributed by atoms with E-state index in [-0.39, 0.29) is 18.7 Å². The van der Waals surface area contributed by atoms with E-state index in [4.69, 9.17) is 14.2 Å². The van der Waals surface area contributed by atoms with Gasteiger partial charge in [-0.05, 0) is 53.5 Å².